The van der Waals surface area contributed by atoms with Gasteiger partial charge in [-0.15, -0.1) is 0 Å². The van der Waals surface area contributed by atoms with Crippen LogP contribution in [0.2, 0.25) is 0 Å². The van der Waals surface area contributed by atoms with Gasteiger partial charge in [-0.3, -0.25) is 9.59 Å². The summed E-state index contributed by atoms with van der Waals surface area (Å²) in [7, 11) is 0. The summed E-state index contributed by atoms with van der Waals surface area (Å²) >= 11 is 0. The van der Waals surface area contributed by atoms with Crippen molar-refractivity contribution in [1.82, 2.24) is 0 Å². The van der Waals surface area contributed by atoms with E-state index in [0.717, 1.165) is 32.1 Å². The van der Waals surface area contributed by atoms with Crippen LogP contribution in [0.15, 0.2) is 0 Å². The second kappa shape index (κ2) is 19.1. The fourth-order valence-electron chi connectivity index (χ4n) is 5.39. The van der Waals surface area contributed by atoms with E-state index in [4.69, 9.17) is 14.2 Å². The summed E-state index contributed by atoms with van der Waals surface area (Å²) in [5.74, 6) is -1.39. The number of esters is 2. The minimum Gasteiger partial charge on any atom is -0.465 e. The normalized spacial score (nSPS) is 23.0. The average molecular weight is 495 g/mol. The lowest BCUT2D eigenvalue weighted by Gasteiger charge is -2.25. The summed E-state index contributed by atoms with van der Waals surface area (Å²) in [6.07, 6.45) is 23.7. The molecule has 204 valence electrons. The molecule has 4 atom stereocenters. The van der Waals surface area contributed by atoms with Crippen molar-refractivity contribution in [2.75, 3.05) is 13.2 Å². The van der Waals surface area contributed by atoms with Crippen LogP contribution in [0.25, 0.3) is 0 Å². The Bertz CT molecular complexity index is 563. The number of carbonyl (C=O) groups excluding carboxylic acids is 2. The highest BCUT2D eigenvalue weighted by atomic mass is 16.6. The third-order valence-corrected chi connectivity index (χ3v) is 7.73. The van der Waals surface area contributed by atoms with Gasteiger partial charge in [0.15, 0.2) is 0 Å². The largest absolute Gasteiger partial charge is 0.465 e. The third kappa shape index (κ3) is 12.6. The molecule has 1 saturated carbocycles. The van der Waals surface area contributed by atoms with Crippen LogP contribution < -0.4 is 0 Å². The summed E-state index contributed by atoms with van der Waals surface area (Å²) in [6, 6.07) is 0. The molecule has 5 heteroatoms. The summed E-state index contributed by atoms with van der Waals surface area (Å²) in [4.78, 5) is 25.6. The molecule has 5 nitrogen and oxygen atoms in total. The Morgan fingerprint density at radius 1 is 0.600 bits per heavy atom. The monoisotopic (exact) mass is 494 g/mol. The Labute approximate surface area is 215 Å². The number of rotatable bonds is 22. The minimum absolute atomic E-state index is 0.127. The first-order valence-electron chi connectivity index (χ1n) is 15.2. The SMILES string of the molecule is CCCCCCCCCCCOC(=O)C1CCC2OC2C1C(=O)OCCCCCCCCCCC. The lowest BCUT2D eigenvalue weighted by Crippen LogP contribution is -2.39. The van der Waals surface area contributed by atoms with E-state index in [2.05, 4.69) is 13.8 Å². The van der Waals surface area contributed by atoms with Gasteiger partial charge >= 0.3 is 11.9 Å². The highest BCUT2D eigenvalue weighted by Gasteiger charge is 2.57. The van der Waals surface area contributed by atoms with E-state index in [0.29, 0.717) is 19.6 Å². The highest BCUT2D eigenvalue weighted by molar-refractivity contribution is 5.83. The molecule has 0 bridgehead atoms. The van der Waals surface area contributed by atoms with E-state index in [1.54, 1.807) is 0 Å². The van der Waals surface area contributed by atoms with Gasteiger partial charge in [0.2, 0.25) is 0 Å². The van der Waals surface area contributed by atoms with Crippen molar-refractivity contribution in [1.29, 1.82) is 0 Å². The van der Waals surface area contributed by atoms with Crippen molar-refractivity contribution < 1.29 is 23.8 Å². The number of carbonyl (C=O) groups is 2. The molecule has 1 aliphatic carbocycles. The summed E-state index contributed by atoms with van der Waals surface area (Å²) in [5, 5.41) is 0. The molecular formula is C30H54O5. The van der Waals surface area contributed by atoms with Gasteiger partial charge in [0, 0.05) is 0 Å². The van der Waals surface area contributed by atoms with Gasteiger partial charge in [0.05, 0.1) is 37.3 Å². The zero-order chi connectivity index (χ0) is 25.1. The number of unbranched alkanes of at least 4 members (excludes halogenated alkanes) is 16. The van der Waals surface area contributed by atoms with Crippen LogP contribution in [0, 0.1) is 11.8 Å². The molecule has 0 aromatic heterocycles. The quantitative estimate of drug-likeness (QED) is 0.0868. The van der Waals surface area contributed by atoms with Crippen molar-refractivity contribution >= 4 is 11.9 Å². The van der Waals surface area contributed by atoms with E-state index < -0.39 is 11.8 Å². The van der Waals surface area contributed by atoms with Crippen molar-refractivity contribution in [2.45, 2.75) is 154 Å². The predicted octanol–water partition coefficient (Wildman–Crippen LogP) is 7.93. The van der Waals surface area contributed by atoms with Crippen LogP contribution >= 0.6 is 0 Å². The van der Waals surface area contributed by atoms with E-state index in [-0.39, 0.29) is 24.1 Å². The summed E-state index contributed by atoms with van der Waals surface area (Å²) in [6.45, 7) is 5.39. The van der Waals surface area contributed by atoms with E-state index in [1.165, 1.54) is 89.9 Å². The number of hydrogen-bond donors (Lipinski definition) is 0. The maximum Gasteiger partial charge on any atom is 0.312 e. The Kier molecular flexibility index (Phi) is 16.4. The van der Waals surface area contributed by atoms with Crippen molar-refractivity contribution in [3.63, 3.8) is 0 Å². The van der Waals surface area contributed by atoms with Gasteiger partial charge in [-0.05, 0) is 25.7 Å². The third-order valence-electron chi connectivity index (χ3n) is 7.73. The standard InChI is InChI=1S/C30H54O5/c1-3-5-7-9-11-13-15-17-19-23-33-29(31)25-21-22-26-28(35-26)27(25)30(32)34-24-20-18-16-14-12-10-8-6-4-2/h25-28H,3-24H2,1-2H3. The topological polar surface area (TPSA) is 65.1 Å². The first kappa shape index (κ1) is 30.1. The van der Waals surface area contributed by atoms with Crippen LogP contribution in [0.3, 0.4) is 0 Å². The second-order valence-corrected chi connectivity index (χ2v) is 10.8. The van der Waals surface area contributed by atoms with Crippen LogP contribution in [0.5, 0.6) is 0 Å². The smallest absolute Gasteiger partial charge is 0.312 e. The van der Waals surface area contributed by atoms with Crippen LogP contribution in [0.4, 0.5) is 0 Å². The molecule has 4 unspecified atom stereocenters. The van der Waals surface area contributed by atoms with Gasteiger partial charge in [0.1, 0.15) is 0 Å². The molecular weight excluding hydrogens is 440 g/mol. The van der Waals surface area contributed by atoms with E-state index in [1.807, 2.05) is 0 Å². The van der Waals surface area contributed by atoms with Gasteiger partial charge in [-0.25, -0.2) is 0 Å². The Hall–Kier alpha value is -1.10. The highest BCUT2D eigenvalue weighted by Crippen LogP contribution is 2.45. The van der Waals surface area contributed by atoms with Gasteiger partial charge in [-0.2, -0.15) is 0 Å². The molecule has 0 radical (unpaired) electrons. The van der Waals surface area contributed by atoms with Crippen LogP contribution in [0.1, 0.15) is 142 Å². The molecule has 1 saturated heterocycles. The second-order valence-electron chi connectivity index (χ2n) is 10.8. The molecule has 0 amide bonds. The molecule has 1 aliphatic heterocycles. The van der Waals surface area contributed by atoms with Crippen molar-refractivity contribution in [2.24, 2.45) is 11.8 Å². The lowest BCUT2D eigenvalue weighted by molar-refractivity contribution is -0.162. The van der Waals surface area contributed by atoms with Crippen LogP contribution in [-0.4, -0.2) is 37.4 Å². The van der Waals surface area contributed by atoms with Gasteiger partial charge < -0.3 is 14.2 Å². The number of hydrogen-bond acceptors (Lipinski definition) is 5. The zero-order valence-corrected chi connectivity index (χ0v) is 22.9. The number of fused-ring (bicyclic) bond motifs is 1. The van der Waals surface area contributed by atoms with Gasteiger partial charge in [-0.1, -0.05) is 117 Å². The van der Waals surface area contributed by atoms with Gasteiger partial charge in [0.25, 0.3) is 0 Å². The Balaban J connectivity index is 1.55. The maximum absolute atomic E-state index is 12.8. The fraction of sp³-hybridized carbons (Fsp3) is 0.933. The molecule has 0 aromatic carbocycles. The predicted molar refractivity (Wildman–Crippen MR) is 141 cm³/mol. The Morgan fingerprint density at radius 2 is 1.03 bits per heavy atom. The molecule has 0 aromatic rings. The molecule has 1 heterocycles. The molecule has 2 fully saturated rings. The Morgan fingerprint density at radius 3 is 1.51 bits per heavy atom. The summed E-state index contributed by atoms with van der Waals surface area (Å²) in [5.41, 5.74) is 0. The minimum atomic E-state index is -0.483. The molecule has 0 N–H and O–H groups in total. The maximum atomic E-state index is 12.8. The van der Waals surface area contributed by atoms with E-state index >= 15 is 0 Å². The first-order chi connectivity index (χ1) is 17.2. The molecule has 2 rings (SSSR count). The number of ether oxygens (including phenoxy) is 3. The van der Waals surface area contributed by atoms with Crippen molar-refractivity contribution in [3.8, 4) is 0 Å². The lowest BCUT2D eigenvalue weighted by atomic mass is 9.79. The fourth-order valence-corrected chi connectivity index (χ4v) is 5.39. The van der Waals surface area contributed by atoms with E-state index in [9.17, 15) is 9.59 Å². The van der Waals surface area contributed by atoms with Crippen LogP contribution in [-0.2, 0) is 23.8 Å². The molecule has 0 spiro atoms. The van der Waals surface area contributed by atoms with Crippen molar-refractivity contribution in [3.05, 3.63) is 0 Å². The zero-order valence-electron chi connectivity index (χ0n) is 22.9. The summed E-state index contributed by atoms with van der Waals surface area (Å²) < 4.78 is 16.9. The average Bonchev–Trinajstić information content (AvgIpc) is 3.65. The first-order valence-corrected chi connectivity index (χ1v) is 15.2. The number of epoxide rings is 1. The molecule has 2 aliphatic rings. The molecule has 35 heavy (non-hydrogen) atoms.